The zero-order valence-corrected chi connectivity index (χ0v) is 18.7. The highest BCUT2D eigenvalue weighted by molar-refractivity contribution is 7.71. The molecule has 8 heteroatoms. The van der Waals surface area contributed by atoms with E-state index in [4.69, 9.17) is 28.9 Å². The molecule has 0 spiro atoms. The lowest BCUT2D eigenvalue weighted by Crippen LogP contribution is -2.23. The maximum atomic E-state index is 13.1. The van der Waals surface area contributed by atoms with E-state index < -0.39 is 0 Å². The van der Waals surface area contributed by atoms with Crippen LogP contribution in [0.3, 0.4) is 0 Å². The summed E-state index contributed by atoms with van der Waals surface area (Å²) < 4.78 is 6.01. The number of benzene rings is 2. The Morgan fingerprint density at radius 1 is 1.17 bits per heavy atom. The van der Waals surface area contributed by atoms with E-state index >= 15 is 0 Å². The lowest BCUT2D eigenvalue weighted by atomic mass is 10.2. The van der Waals surface area contributed by atoms with Crippen LogP contribution >= 0.6 is 23.8 Å². The van der Waals surface area contributed by atoms with Crippen molar-refractivity contribution in [2.45, 2.75) is 39.5 Å². The van der Waals surface area contributed by atoms with Gasteiger partial charge in [-0.05, 0) is 55.5 Å². The Bertz CT molecular complexity index is 1320. The Morgan fingerprint density at radius 3 is 2.73 bits per heavy atom. The van der Waals surface area contributed by atoms with E-state index in [1.54, 1.807) is 9.25 Å². The average Bonchev–Trinajstić information content (AvgIpc) is 3.04. The summed E-state index contributed by atoms with van der Waals surface area (Å²) in [6.07, 6.45) is 1.90. The number of rotatable bonds is 7. The van der Waals surface area contributed by atoms with Crippen molar-refractivity contribution in [1.82, 2.24) is 23.6 Å². The molecule has 2 aromatic carbocycles. The van der Waals surface area contributed by atoms with Gasteiger partial charge in [0, 0.05) is 18.1 Å². The molecule has 0 unspecified atom stereocenters. The summed E-state index contributed by atoms with van der Waals surface area (Å²) in [6, 6.07) is 15.4. The molecule has 4 rings (SSSR count). The molecule has 0 radical (unpaired) electrons. The molecule has 0 saturated carbocycles. The number of halogens is 1. The number of para-hydroxylation sites is 1. The van der Waals surface area contributed by atoms with Gasteiger partial charge in [-0.2, -0.15) is 0 Å². The Balaban J connectivity index is 1.78. The van der Waals surface area contributed by atoms with Gasteiger partial charge in [0.1, 0.15) is 0 Å². The summed E-state index contributed by atoms with van der Waals surface area (Å²) in [4.78, 5) is 15.2. The smallest absolute Gasteiger partial charge is 0.262 e. The molecule has 0 aliphatic rings. The fourth-order valence-corrected chi connectivity index (χ4v) is 4.19. The van der Waals surface area contributed by atoms with Crippen LogP contribution in [0.4, 0.5) is 0 Å². The van der Waals surface area contributed by atoms with Crippen molar-refractivity contribution < 1.29 is 0 Å². The molecule has 30 heavy (non-hydrogen) atoms. The Kier molecular flexibility index (Phi) is 6.04. The molecule has 0 fully saturated rings. The van der Waals surface area contributed by atoms with Crippen molar-refractivity contribution in [1.29, 1.82) is 0 Å². The summed E-state index contributed by atoms with van der Waals surface area (Å²) in [5, 5.41) is 6.12. The Labute approximate surface area is 184 Å². The molecule has 0 N–H and O–H groups in total. The number of fused-ring (bicyclic) bond motifs is 3. The summed E-state index contributed by atoms with van der Waals surface area (Å²) in [5.41, 5.74) is 1.88. The van der Waals surface area contributed by atoms with E-state index in [-0.39, 0.29) is 5.56 Å². The highest BCUT2D eigenvalue weighted by atomic mass is 35.5. The van der Waals surface area contributed by atoms with Crippen LogP contribution in [-0.2, 0) is 19.8 Å². The quantitative estimate of drug-likeness (QED) is 0.389. The first-order chi connectivity index (χ1) is 14.5. The molecule has 4 aromatic rings. The second kappa shape index (κ2) is 8.71. The molecule has 6 nitrogen and oxygen atoms in total. The first-order valence-corrected chi connectivity index (χ1v) is 10.8. The highest BCUT2D eigenvalue weighted by Crippen LogP contribution is 2.16. The summed E-state index contributed by atoms with van der Waals surface area (Å²) in [6.45, 7) is 3.94. The number of hydrogen-bond donors (Lipinski definition) is 0. The lowest BCUT2D eigenvalue weighted by Gasteiger charge is -2.16. The Morgan fingerprint density at radius 2 is 1.97 bits per heavy atom. The van der Waals surface area contributed by atoms with Gasteiger partial charge in [-0.25, -0.2) is 4.68 Å². The lowest BCUT2D eigenvalue weighted by molar-refractivity contribution is 0.244. The predicted molar refractivity (Wildman–Crippen MR) is 124 cm³/mol. The Hall–Kier alpha value is -2.48. The van der Waals surface area contributed by atoms with E-state index in [0.29, 0.717) is 35.7 Å². The largest absolute Gasteiger partial charge is 0.283 e. The summed E-state index contributed by atoms with van der Waals surface area (Å²) in [5.74, 6) is 0.591. The van der Waals surface area contributed by atoms with Crippen molar-refractivity contribution in [3.05, 3.63) is 74.2 Å². The number of aromatic nitrogens is 4. The van der Waals surface area contributed by atoms with Crippen LogP contribution in [0.1, 0.15) is 25.3 Å². The average molecular weight is 442 g/mol. The SMILES string of the molecule is CCCCn1c(=O)c2ccccc2n2c(=S)n(CN(C)Cc3cccc(Cl)c3)nc12. The van der Waals surface area contributed by atoms with Crippen LogP contribution in [0.5, 0.6) is 0 Å². The zero-order chi connectivity index (χ0) is 21.3. The van der Waals surface area contributed by atoms with E-state index in [9.17, 15) is 4.79 Å². The molecule has 156 valence electrons. The van der Waals surface area contributed by atoms with Crippen molar-refractivity contribution in [3.8, 4) is 0 Å². The molecule has 0 aliphatic heterocycles. The van der Waals surface area contributed by atoms with Gasteiger partial charge in [0.2, 0.25) is 10.5 Å². The van der Waals surface area contributed by atoms with Gasteiger partial charge >= 0.3 is 0 Å². The molecular formula is C22H24ClN5OS. The van der Waals surface area contributed by atoms with Crippen LogP contribution in [0.15, 0.2) is 53.3 Å². The standard InChI is InChI=1S/C22H24ClN5OS/c1-3-4-12-26-20(29)18-10-5-6-11-19(18)28-21(26)24-27(22(28)30)15-25(2)14-16-8-7-9-17(23)13-16/h5-11,13H,3-4,12,14-15H2,1-2H3. The third-order valence-electron chi connectivity index (χ3n) is 5.14. The predicted octanol–water partition coefficient (Wildman–Crippen LogP) is 4.72. The minimum Gasteiger partial charge on any atom is -0.283 e. The second-order valence-electron chi connectivity index (χ2n) is 7.53. The van der Waals surface area contributed by atoms with E-state index in [1.807, 2.05) is 60.0 Å². The maximum Gasteiger partial charge on any atom is 0.262 e. The van der Waals surface area contributed by atoms with Crippen molar-refractivity contribution in [2.24, 2.45) is 0 Å². The van der Waals surface area contributed by atoms with E-state index in [1.165, 1.54) is 0 Å². The van der Waals surface area contributed by atoms with Gasteiger partial charge in [-0.1, -0.05) is 49.2 Å². The van der Waals surface area contributed by atoms with Crippen molar-refractivity contribution in [3.63, 3.8) is 0 Å². The fraction of sp³-hybridized carbons (Fsp3) is 0.318. The highest BCUT2D eigenvalue weighted by Gasteiger charge is 2.16. The van der Waals surface area contributed by atoms with Gasteiger partial charge in [0.05, 0.1) is 17.6 Å². The normalized spacial score (nSPS) is 11.7. The molecule has 2 aromatic heterocycles. The third kappa shape index (κ3) is 3.93. The monoisotopic (exact) mass is 441 g/mol. The molecule has 0 bridgehead atoms. The zero-order valence-electron chi connectivity index (χ0n) is 17.1. The van der Waals surface area contributed by atoms with Gasteiger partial charge in [-0.15, -0.1) is 5.10 Å². The number of hydrogen-bond acceptors (Lipinski definition) is 4. The first-order valence-electron chi connectivity index (χ1n) is 10.0. The molecule has 2 heterocycles. The van der Waals surface area contributed by atoms with Crippen LogP contribution in [0.2, 0.25) is 5.02 Å². The molecule has 0 aliphatic carbocycles. The molecular weight excluding hydrogens is 418 g/mol. The second-order valence-corrected chi connectivity index (χ2v) is 8.33. The number of aryl methyl sites for hydroxylation is 1. The van der Waals surface area contributed by atoms with Gasteiger partial charge in [0.15, 0.2) is 0 Å². The van der Waals surface area contributed by atoms with Gasteiger partial charge in [-0.3, -0.25) is 18.7 Å². The van der Waals surface area contributed by atoms with Crippen LogP contribution < -0.4 is 5.56 Å². The number of nitrogens with zero attached hydrogens (tertiary/aromatic N) is 5. The van der Waals surface area contributed by atoms with E-state index in [2.05, 4.69) is 11.8 Å². The van der Waals surface area contributed by atoms with Crippen LogP contribution in [0, 0.1) is 4.77 Å². The molecule has 0 saturated heterocycles. The van der Waals surface area contributed by atoms with Crippen LogP contribution in [-0.4, -0.2) is 30.7 Å². The van der Waals surface area contributed by atoms with Crippen molar-refractivity contribution >= 4 is 40.5 Å². The molecule has 0 atom stereocenters. The first kappa shape index (κ1) is 20.8. The molecule has 0 amide bonds. The van der Waals surface area contributed by atoms with E-state index in [0.717, 1.165) is 28.9 Å². The maximum absolute atomic E-state index is 13.1. The number of unbranched alkanes of at least 4 members (excludes halogenated alkanes) is 1. The fourth-order valence-electron chi connectivity index (χ4n) is 3.70. The minimum atomic E-state index is -0.0222. The summed E-state index contributed by atoms with van der Waals surface area (Å²) in [7, 11) is 2.01. The van der Waals surface area contributed by atoms with Crippen LogP contribution in [0.25, 0.3) is 16.7 Å². The van der Waals surface area contributed by atoms with Crippen molar-refractivity contribution in [2.75, 3.05) is 7.05 Å². The minimum absolute atomic E-state index is 0.0222. The third-order valence-corrected chi connectivity index (χ3v) is 5.76. The van der Waals surface area contributed by atoms with Gasteiger partial charge < -0.3 is 0 Å². The van der Waals surface area contributed by atoms with Gasteiger partial charge in [0.25, 0.3) is 5.56 Å². The topological polar surface area (TPSA) is 47.5 Å². The summed E-state index contributed by atoms with van der Waals surface area (Å²) >= 11 is 11.9.